The predicted molar refractivity (Wildman–Crippen MR) is 63.8 cm³/mol. The van der Waals surface area contributed by atoms with E-state index in [1.807, 2.05) is 6.92 Å². The summed E-state index contributed by atoms with van der Waals surface area (Å²) in [6.45, 7) is 3.14. The average Bonchev–Trinajstić information content (AvgIpc) is 2.31. The van der Waals surface area contributed by atoms with Crippen LogP contribution < -0.4 is 11.3 Å². The van der Waals surface area contributed by atoms with Gasteiger partial charge in [0, 0.05) is 24.7 Å². The third-order valence-corrected chi connectivity index (χ3v) is 2.80. The lowest BCUT2D eigenvalue weighted by Gasteiger charge is -2.26. The molecule has 1 aromatic rings. The second-order valence-electron chi connectivity index (χ2n) is 4.23. The van der Waals surface area contributed by atoms with E-state index in [0.717, 1.165) is 25.1 Å². The first-order valence-electron chi connectivity index (χ1n) is 5.78. The highest BCUT2D eigenvalue weighted by Gasteiger charge is 2.19. The Morgan fingerprint density at radius 3 is 3.00 bits per heavy atom. The molecular weight excluding hydrogens is 218 g/mol. The Bertz CT molecular complexity index is 420. The van der Waals surface area contributed by atoms with Gasteiger partial charge in [0.05, 0.1) is 6.54 Å². The molecule has 1 aromatic heterocycles. The molecule has 1 saturated heterocycles. The summed E-state index contributed by atoms with van der Waals surface area (Å²) in [6, 6.07) is 1.77. The van der Waals surface area contributed by atoms with Crippen LogP contribution in [0, 0.1) is 6.92 Å². The molecule has 0 atom stereocenters. The lowest BCUT2D eigenvalue weighted by molar-refractivity contribution is -0.134. The number of carbonyl (C=O) groups is 1. The monoisotopic (exact) mass is 235 g/mol. The topological polar surface area (TPSA) is 84.1 Å². The second kappa shape index (κ2) is 5.09. The number of carbonyl (C=O) groups excluding carboxylic acids is 1. The number of nitrogen functional groups attached to an aromatic ring is 1. The molecule has 1 fully saturated rings. The molecule has 17 heavy (non-hydrogen) atoms. The van der Waals surface area contributed by atoms with E-state index in [2.05, 4.69) is 15.4 Å². The molecule has 0 bridgehead atoms. The first-order chi connectivity index (χ1) is 8.19. The maximum atomic E-state index is 11.7. The van der Waals surface area contributed by atoms with E-state index in [1.165, 1.54) is 0 Å². The van der Waals surface area contributed by atoms with E-state index in [1.54, 1.807) is 11.0 Å². The van der Waals surface area contributed by atoms with Gasteiger partial charge in [-0.05, 0) is 19.8 Å². The molecule has 0 spiro atoms. The van der Waals surface area contributed by atoms with Crippen molar-refractivity contribution in [2.45, 2.75) is 32.7 Å². The summed E-state index contributed by atoms with van der Waals surface area (Å²) in [5.74, 6) is 6.72. The lowest BCUT2D eigenvalue weighted by Crippen LogP contribution is -2.35. The lowest BCUT2D eigenvalue weighted by atomic mass is 10.1. The van der Waals surface area contributed by atoms with Gasteiger partial charge in [-0.1, -0.05) is 0 Å². The normalized spacial score (nSPS) is 16.1. The first kappa shape index (κ1) is 11.8. The van der Waals surface area contributed by atoms with Crippen LogP contribution in [0.25, 0.3) is 0 Å². The molecule has 6 heteroatoms. The number of anilines is 1. The summed E-state index contributed by atoms with van der Waals surface area (Å²) in [7, 11) is 0. The van der Waals surface area contributed by atoms with Crippen molar-refractivity contribution in [1.82, 2.24) is 14.9 Å². The quantitative estimate of drug-likeness (QED) is 0.591. The number of rotatable bonds is 3. The van der Waals surface area contributed by atoms with Crippen LogP contribution >= 0.6 is 0 Å². The number of aryl methyl sites for hydroxylation is 1. The Morgan fingerprint density at radius 2 is 2.29 bits per heavy atom. The molecular formula is C11H17N5O. The van der Waals surface area contributed by atoms with Crippen LogP contribution in [-0.4, -0.2) is 27.3 Å². The Hall–Kier alpha value is -1.69. The number of hydrazine groups is 1. The number of nitrogens with two attached hydrogens (primary N) is 1. The van der Waals surface area contributed by atoms with Gasteiger partial charge in [0.1, 0.15) is 11.6 Å². The number of likely N-dealkylation sites (tertiary alicyclic amines) is 1. The Morgan fingerprint density at radius 1 is 1.47 bits per heavy atom. The predicted octanol–water partition coefficient (Wildman–Crippen LogP) is 0.583. The molecule has 0 saturated carbocycles. The maximum Gasteiger partial charge on any atom is 0.222 e. The van der Waals surface area contributed by atoms with E-state index in [4.69, 9.17) is 5.84 Å². The van der Waals surface area contributed by atoms with Gasteiger partial charge in [0.15, 0.2) is 0 Å². The van der Waals surface area contributed by atoms with Crippen LogP contribution in [0.4, 0.5) is 5.82 Å². The molecule has 0 unspecified atom stereocenters. The summed E-state index contributed by atoms with van der Waals surface area (Å²) in [5.41, 5.74) is 3.34. The van der Waals surface area contributed by atoms with Gasteiger partial charge in [-0.2, -0.15) is 0 Å². The molecule has 0 aromatic carbocycles. The molecule has 1 aliphatic heterocycles. The summed E-state index contributed by atoms with van der Waals surface area (Å²) >= 11 is 0. The molecule has 92 valence electrons. The highest BCUT2D eigenvalue weighted by molar-refractivity contribution is 5.76. The van der Waals surface area contributed by atoms with E-state index in [-0.39, 0.29) is 5.91 Å². The minimum Gasteiger partial charge on any atom is -0.335 e. The van der Waals surface area contributed by atoms with Crippen molar-refractivity contribution in [3.05, 3.63) is 17.6 Å². The number of hydrogen-bond donors (Lipinski definition) is 2. The van der Waals surface area contributed by atoms with Crippen molar-refractivity contribution in [2.24, 2.45) is 5.84 Å². The molecule has 2 rings (SSSR count). The van der Waals surface area contributed by atoms with Gasteiger partial charge >= 0.3 is 0 Å². The third-order valence-electron chi connectivity index (χ3n) is 2.80. The Balaban J connectivity index is 2.11. The Kier molecular flexibility index (Phi) is 3.53. The number of amides is 1. The maximum absolute atomic E-state index is 11.7. The first-order valence-corrected chi connectivity index (χ1v) is 5.78. The van der Waals surface area contributed by atoms with E-state index < -0.39 is 0 Å². The number of nitrogens with zero attached hydrogens (tertiary/aromatic N) is 3. The highest BCUT2D eigenvalue weighted by atomic mass is 16.2. The van der Waals surface area contributed by atoms with Crippen LogP contribution in [0.2, 0.25) is 0 Å². The largest absolute Gasteiger partial charge is 0.335 e. The number of hydrogen-bond acceptors (Lipinski definition) is 5. The number of aromatic nitrogens is 2. The minimum atomic E-state index is 0.184. The Labute approximate surface area is 100 Å². The van der Waals surface area contributed by atoms with Crippen molar-refractivity contribution in [3.8, 4) is 0 Å². The molecule has 0 aliphatic carbocycles. The summed E-state index contributed by atoms with van der Waals surface area (Å²) in [5, 5.41) is 0. The second-order valence-corrected chi connectivity index (χ2v) is 4.23. The molecule has 1 amide bonds. The van der Waals surface area contributed by atoms with Gasteiger partial charge in [0.25, 0.3) is 0 Å². The number of nitrogens with one attached hydrogen (secondary N) is 1. The van der Waals surface area contributed by atoms with Crippen LogP contribution in [0.15, 0.2) is 6.07 Å². The molecule has 1 aliphatic rings. The van der Waals surface area contributed by atoms with E-state index in [0.29, 0.717) is 24.6 Å². The van der Waals surface area contributed by atoms with Crippen LogP contribution in [0.3, 0.4) is 0 Å². The minimum absolute atomic E-state index is 0.184. The van der Waals surface area contributed by atoms with Crippen molar-refractivity contribution >= 4 is 11.7 Å². The third kappa shape index (κ3) is 2.91. The zero-order chi connectivity index (χ0) is 12.3. The smallest absolute Gasteiger partial charge is 0.222 e. The van der Waals surface area contributed by atoms with Gasteiger partial charge in [0.2, 0.25) is 5.91 Å². The summed E-state index contributed by atoms with van der Waals surface area (Å²) in [4.78, 5) is 22.0. The molecule has 2 heterocycles. The molecule has 0 radical (unpaired) electrons. The van der Waals surface area contributed by atoms with Crippen molar-refractivity contribution < 1.29 is 4.79 Å². The van der Waals surface area contributed by atoms with Gasteiger partial charge in [-0.25, -0.2) is 15.8 Å². The van der Waals surface area contributed by atoms with Crippen LogP contribution in [0.5, 0.6) is 0 Å². The molecule has 3 N–H and O–H groups in total. The van der Waals surface area contributed by atoms with Crippen molar-refractivity contribution in [3.63, 3.8) is 0 Å². The fraction of sp³-hybridized carbons (Fsp3) is 0.545. The zero-order valence-electron chi connectivity index (χ0n) is 9.94. The summed E-state index contributed by atoms with van der Waals surface area (Å²) < 4.78 is 0. The fourth-order valence-corrected chi connectivity index (χ4v) is 1.97. The van der Waals surface area contributed by atoms with Crippen LogP contribution in [0.1, 0.15) is 30.8 Å². The standard InChI is InChI=1S/C11H17N5O/c1-8-6-9(15-12)14-10(13-8)7-16-5-3-2-4-11(16)17/h6H,2-5,7,12H2,1H3,(H,13,14,15). The SMILES string of the molecule is Cc1cc(NN)nc(CN2CCCCC2=O)n1. The van der Waals surface area contributed by atoms with Crippen LogP contribution in [-0.2, 0) is 11.3 Å². The summed E-state index contributed by atoms with van der Waals surface area (Å²) in [6.07, 6.45) is 2.67. The fourth-order valence-electron chi connectivity index (χ4n) is 1.97. The molecule has 6 nitrogen and oxygen atoms in total. The van der Waals surface area contributed by atoms with E-state index >= 15 is 0 Å². The number of piperidine rings is 1. The van der Waals surface area contributed by atoms with Crippen molar-refractivity contribution in [1.29, 1.82) is 0 Å². The highest BCUT2D eigenvalue weighted by Crippen LogP contribution is 2.13. The van der Waals surface area contributed by atoms with Gasteiger partial charge in [-0.15, -0.1) is 0 Å². The van der Waals surface area contributed by atoms with Gasteiger partial charge in [-0.3, -0.25) is 4.79 Å². The average molecular weight is 235 g/mol. The van der Waals surface area contributed by atoms with Gasteiger partial charge < -0.3 is 10.3 Å². The van der Waals surface area contributed by atoms with E-state index in [9.17, 15) is 4.79 Å². The zero-order valence-corrected chi connectivity index (χ0v) is 9.94. The van der Waals surface area contributed by atoms with Crippen molar-refractivity contribution in [2.75, 3.05) is 12.0 Å².